The van der Waals surface area contributed by atoms with E-state index in [-0.39, 0.29) is 5.54 Å². The predicted molar refractivity (Wildman–Crippen MR) is 87.4 cm³/mol. The van der Waals surface area contributed by atoms with Gasteiger partial charge in [0.05, 0.1) is 13.2 Å². The molecule has 0 fully saturated rings. The summed E-state index contributed by atoms with van der Waals surface area (Å²) in [6.07, 6.45) is 0.122. The minimum absolute atomic E-state index is 0.267. The minimum atomic E-state index is -0.453. The van der Waals surface area contributed by atoms with E-state index < -0.39 is 6.10 Å². The molecule has 0 heterocycles. The van der Waals surface area contributed by atoms with E-state index >= 15 is 0 Å². The quantitative estimate of drug-likeness (QED) is 0.822. The van der Waals surface area contributed by atoms with Gasteiger partial charge in [0.2, 0.25) is 0 Å². The van der Waals surface area contributed by atoms with Crippen molar-refractivity contribution in [2.45, 2.75) is 45.8 Å². The lowest BCUT2D eigenvalue weighted by atomic mass is 9.89. The molecule has 0 bridgehead atoms. The number of hydrogen-bond donors (Lipinski definition) is 1. The van der Waals surface area contributed by atoms with Crippen molar-refractivity contribution < 1.29 is 9.84 Å². The molecule has 0 spiro atoms. The summed E-state index contributed by atoms with van der Waals surface area (Å²) in [7, 11) is 1.66. The van der Waals surface area contributed by atoms with E-state index in [1.165, 1.54) is 0 Å². The first kappa shape index (κ1) is 17.5. The topological polar surface area (TPSA) is 32.7 Å². The van der Waals surface area contributed by atoms with Crippen molar-refractivity contribution in [1.82, 2.24) is 4.90 Å². The summed E-state index contributed by atoms with van der Waals surface area (Å²) in [6.45, 7) is 10.3. The second-order valence-electron chi connectivity index (χ2n) is 5.50. The number of ether oxygens (including phenoxy) is 1. The van der Waals surface area contributed by atoms with Crippen LogP contribution in [0.3, 0.4) is 0 Å². The Morgan fingerprint density at radius 2 is 1.90 bits per heavy atom. The van der Waals surface area contributed by atoms with Crippen LogP contribution >= 0.6 is 15.9 Å². The van der Waals surface area contributed by atoms with Gasteiger partial charge in [-0.1, -0.05) is 29.8 Å². The van der Waals surface area contributed by atoms with Gasteiger partial charge in [0.25, 0.3) is 0 Å². The summed E-state index contributed by atoms with van der Waals surface area (Å²) in [6, 6.07) is 5.89. The first-order chi connectivity index (χ1) is 9.36. The first-order valence-electron chi connectivity index (χ1n) is 7.12. The molecule has 1 unspecified atom stereocenters. The molecule has 0 aliphatic carbocycles. The molecule has 0 aliphatic rings. The summed E-state index contributed by atoms with van der Waals surface area (Å²) in [5.41, 5.74) is 0.756. The lowest BCUT2D eigenvalue weighted by Gasteiger charge is -2.41. The zero-order valence-electron chi connectivity index (χ0n) is 13.1. The third-order valence-corrected chi connectivity index (χ3v) is 4.54. The molecule has 1 atom stereocenters. The van der Waals surface area contributed by atoms with Gasteiger partial charge >= 0.3 is 0 Å². The van der Waals surface area contributed by atoms with Gasteiger partial charge in [0.1, 0.15) is 5.75 Å². The molecule has 0 aromatic heterocycles. The number of halogens is 1. The third kappa shape index (κ3) is 3.96. The van der Waals surface area contributed by atoms with Crippen molar-refractivity contribution >= 4 is 15.9 Å². The lowest BCUT2D eigenvalue weighted by Crippen LogP contribution is -2.53. The van der Waals surface area contributed by atoms with Crippen molar-refractivity contribution in [3.05, 3.63) is 28.2 Å². The minimum Gasteiger partial charge on any atom is -0.496 e. The average molecular weight is 344 g/mol. The summed E-state index contributed by atoms with van der Waals surface area (Å²) in [5, 5.41) is 10.7. The Morgan fingerprint density at radius 3 is 2.40 bits per heavy atom. The Labute approximate surface area is 131 Å². The van der Waals surface area contributed by atoms with E-state index in [0.29, 0.717) is 6.42 Å². The van der Waals surface area contributed by atoms with Gasteiger partial charge in [0, 0.05) is 16.4 Å². The van der Waals surface area contributed by atoms with Crippen LogP contribution in [0.2, 0.25) is 0 Å². The maximum absolute atomic E-state index is 10.7. The number of nitrogens with zero attached hydrogens (tertiary/aromatic N) is 1. The van der Waals surface area contributed by atoms with Crippen molar-refractivity contribution in [1.29, 1.82) is 0 Å². The monoisotopic (exact) mass is 343 g/mol. The molecule has 0 saturated heterocycles. The Hall–Kier alpha value is -0.580. The van der Waals surface area contributed by atoms with E-state index in [2.05, 4.69) is 48.5 Å². The number of aliphatic hydroxyl groups excluding tert-OH is 1. The van der Waals surface area contributed by atoms with Gasteiger partial charge in [-0.25, -0.2) is 0 Å². The van der Waals surface area contributed by atoms with Gasteiger partial charge < -0.3 is 9.84 Å². The highest BCUT2D eigenvalue weighted by Gasteiger charge is 2.33. The zero-order valence-corrected chi connectivity index (χ0v) is 14.7. The Morgan fingerprint density at radius 1 is 1.30 bits per heavy atom. The van der Waals surface area contributed by atoms with Crippen LogP contribution in [0, 0.1) is 0 Å². The van der Waals surface area contributed by atoms with E-state index in [4.69, 9.17) is 4.74 Å². The molecule has 0 amide bonds. The SMILES string of the molecule is CCN(CC)C(C)(C)C(O)Cc1cc(Br)ccc1OC. The number of benzene rings is 1. The average Bonchev–Trinajstić information content (AvgIpc) is 2.40. The second-order valence-corrected chi connectivity index (χ2v) is 6.42. The van der Waals surface area contributed by atoms with Crippen molar-refractivity contribution in [3.63, 3.8) is 0 Å². The summed E-state index contributed by atoms with van der Waals surface area (Å²) < 4.78 is 6.38. The van der Waals surface area contributed by atoms with Gasteiger partial charge in [-0.05, 0) is 50.7 Å². The van der Waals surface area contributed by atoms with Crippen LogP contribution in [-0.4, -0.2) is 41.8 Å². The molecule has 1 aromatic carbocycles. The van der Waals surface area contributed by atoms with Crippen molar-refractivity contribution in [3.8, 4) is 5.75 Å². The standard InChI is InChI=1S/C16H26BrNO2/c1-6-18(7-2)16(3,4)15(19)11-12-10-13(17)8-9-14(12)20-5/h8-10,15,19H,6-7,11H2,1-5H3. The van der Waals surface area contributed by atoms with E-state index in [0.717, 1.165) is 28.9 Å². The van der Waals surface area contributed by atoms with Crippen LogP contribution in [0.5, 0.6) is 5.75 Å². The molecular weight excluding hydrogens is 318 g/mol. The molecule has 1 aromatic rings. The molecule has 3 nitrogen and oxygen atoms in total. The van der Waals surface area contributed by atoms with Gasteiger partial charge in [-0.15, -0.1) is 0 Å². The molecule has 0 aliphatic heterocycles. The highest BCUT2D eigenvalue weighted by Crippen LogP contribution is 2.28. The molecule has 4 heteroatoms. The van der Waals surface area contributed by atoms with Gasteiger partial charge in [-0.3, -0.25) is 4.90 Å². The lowest BCUT2D eigenvalue weighted by molar-refractivity contribution is -0.00440. The first-order valence-corrected chi connectivity index (χ1v) is 7.91. The summed E-state index contributed by atoms with van der Waals surface area (Å²) >= 11 is 3.47. The van der Waals surface area contributed by atoms with Crippen LogP contribution in [0.15, 0.2) is 22.7 Å². The number of hydrogen-bond acceptors (Lipinski definition) is 3. The smallest absolute Gasteiger partial charge is 0.122 e. The Kier molecular flexibility index (Phi) is 6.49. The maximum atomic E-state index is 10.7. The van der Waals surface area contributed by atoms with Gasteiger partial charge in [0.15, 0.2) is 0 Å². The van der Waals surface area contributed by atoms with Crippen LogP contribution in [0.25, 0.3) is 0 Å². The van der Waals surface area contributed by atoms with Crippen molar-refractivity contribution in [2.75, 3.05) is 20.2 Å². The fourth-order valence-electron chi connectivity index (χ4n) is 2.61. The molecule has 0 radical (unpaired) electrons. The summed E-state index contributed by atoms with van der Waals surface area (Å²) in [5.74, 6) is 0.822. The molecule has 114 valence electrons. The highest BCUT2D eigenvalue weighted by molar-refractivity contribution is 9.10. The van der Waals surface area contributed by atoms with E-state index in [1.807, 2.05) is 18.2 Å². The van der Waals surface area contributed by atoms with E-state index in [9.17, 15) is 5.11 Å². The molecular formula is C16H26BrNO2. The summed E-state index contributed by atoms with van der Waals surface area (Å²) in [4.78, 5) is 2.28. The Bertz CT molecular complexity index is 430. The van der Waals surface area contributed by atoms with Crippen LogP contribution in [0.4, 0.5) is 0 Å². The van der Waals surface area contributed by atoms with Crippen molar-refractivity contribution in [2.24, 2.45) is 0 Å². The Balaban J connectivity index is 2.94. The molecule has 0 saturated carbocycles. The second kappa shape index (κ2) is 7.43. The van der Waals surface area contributed by atoms with Crippen LogP contribution in [-0.2, 0) is 6.42 Å². The molecule has 20 heavy (non-hydrogen) atoms. The molecule has 1 N–H and O–H groups in total. The number of aliphatic hydroxyl groups is 1. The number of methoxy groups -OCH3 is 1. The van der Waals surface area contributed by atoms with E-state index in [1.54, 1.807) is 7.11 Å². The predicted octanol–water partition coefficient (Wildman–Crippen LogP) is 3.48. The van der Waals surface area contributed by atoms with Crippen LogP contribution in [0.1, 0.15) is 33.3 Å². The highest BCUT2D eigenvalue weighted by atomic mass is 79.9. The third-order valence-electron chi connectivity index (χ3n) is 4.05. The normalized spacial score (nSPS) is 13.6. The number of rotatable bonds is 7. The maximum Gasteiger partial charge on any atom is 0.122 e. The molecule has 1 rings (SSSR count). The largest absolute Gasteiger partial charge is 0.496 e. The van der Waals surface area contributed by atoms with Crippen LogP contribution < -0.4 is 4.74 Å². The fraction of sp³-hybridized carbons (Fsp3) is 0.625. The van der Waals surface area contributed by atoms with Gasteiger partial charge in [-0.2, -0.15) is 0 Å². The fourth-order valence-corrected chi connectivity index (χ4v) is 3.02. The number of likely N-dealkylation sites (N-methyl/N-ethyl adjacent to an activating group) is 1. The zero-order chi connectivity index (χ0) is 15.3.